The molecule has 0 fully saturated rings. The van der Waals surface area contributed by atoms with Crippen LogP contribution in [0.25, 0.3) is 11.3 Å². The Bertz CT molecular complexity index is 1230. The highest BCUT2D eigenvalue weighted by Crippen LogP contribution is 2.38. The average molecular weight is 445 g/mol. The number of halogens is 1. The molecular formula is C26H24FN3O3. The van der Waals surface area contributed by atoms with Gasteiger partial charge < -0.3 is 20.6 Å². The second kappa shape index (κ2) is 9.26. The molecule has 0 aliphatic carbocycles. The Morgan fingerprint density at radius 1 is 1.00 bits per heavy atom. The molecule has 0 aromatic heterocycles. The molecule has 3 aromatic rings. The van der Waals surface area contributed by atoms with Crippen LogP contribution in [0.2, 0.25) is 0 Å². The molecule has 33 heavy (non-hydrogen) atoms. The SMILES string of the molecule is CN(C)Cc1ccc(NC(=C2C(=O)Nc3cc(F)ccc32)c2ccc(CC(=O)O)cc2)cc1. The van der Waals surface area contributed by atoms with E-state index in [0.717, 1.165) is 17.8 Å². The Hall–Kier alpha value is -3.97. The number of anilines is 2. The van der Waals surface area contributed by atoms with E-state index in [2.05, 4.69) is 15.5 Å². The molecule has 0 unspecified atom stereocenters. The summed E-state index contributed by atoms with van der Waals surface area (Å²) < 4.78 is 13.7. The van der Waals surface area contributed by atoms with Crippen molar-refractivity contribution in [2.24, 2.45) is 0 Å². The summed E-state index contributed by atoms with van der Waals surface area (Å²) in [6, 6.07) is 19.1. The van der Waals surface area contributed by atoms with Crippen LogP contribution in [0.4, 0.5) is 15.8 Å². The second-order valence-corrected chi connectivity index (χ2v) is 8.22. The van der Waals surface area contributed by atoms with E-state index in [1.54, 1.807) is 30.3 Å². The van der Waals surface area contributed by atoms with Gasteiger partial charge in [0.15, 0.2) is 0 Å². The van der Waals surface area contributed by atoms with E-state index < -0.39 is 11.8 Å². The van der Waals surface area contributed by atoms with Gasteiger partial charge in [-0.25, -0.2) is 4.39 Å². The lowest BCUT2D eigenvalue weighted by atomic mass is 9.98. The van der Waals surface area contributed by atoms with Crippen molar-refractivity contribution in [3.8, 4) is 0 Å². The number of carboxylic acids is 1. The normalized spacial score (nSPS) is 14.1. The third-order valence-corrected chi connectivity index (χ3v) is 5.30. The first kappa shape index (κ1) is 22.2. The lowest BCUT2D eigenvalue weighted by molar-refractivity contribution is -0.136. The minimum Gasteiger partial charge on any atom is -0.481 e. The van der Waals surface area contributed by atoms with Gasteiger partial charge in [-0.15, -0.1) is 0 Å². The molecule has 3 aromatic carbocycles. The van der Waals surface area contributed by atoms with E-state index in [-0.39, 0.29) is 12.3 Å². The number of carbonyl (C=O) groups is 2. The number of carboxylic acid groups (broad SMARTS) is 1. The molecule has 7 heteroatoms. The molecule has 0 saturated carbocycles. The molecule has 0 bridgehead atoms. The zero-order valence-electron chi connectivity index (χ0n) is 18.4. The van der Waals surface area contributed by atoms with Crippen LogP contribution in [0.3, 0.4) is 0 Å². The highest BCUT2D eigenvalue weighted by atomic mass is 19.1. The first-order valence-electron chi connectivity index (χ1n) is 10.5. The number of aliphatic carboxylic acids is 1. The van der Waals surface area contributed by atoms with Crippen molar-refractivity contribution >= 4 is 34.5 Å². The van der Waals surface area contributed by atoms with Gasteiger partial charge in [0.1, 0.15) is 5.82 Å². The van der Waals surface area contributed by atoms with Gasteiger partial charge in [0.05, 0.1) is 23.4 Å². The Kier molecular flexibility index (Phi) is 6.24. The number of nitrogens with zero attached hydrogens (tertiary/aromatic N) is 1. The van der Waals surface area contributed by atoms with E-state index in [1.165, 1.54) is 12.1 Å². The van der Waals surface area contributed by atoms with Crippen LogP contribution in [-0.2, 0) is 22.6 Å². The molecule has 0 radical (unpaired) electrons. The molecule has 3 N–H and O–H groups in total. The monoisotopic (exact) mass is 445 g/mol. The first-order chi connectivity index (χ1) is 15.8. The molecule has 0 spiro atoms. The van der Waals surface area contributed by atoms with Crippen LogP contribution in [0.15, 0.2) is 66.7 Å². The van der Waals surface area contributed by atoms with Gasteiger partial charge in [-0.3, -0.25) is 9.59 Å². The summed E-state index contributed by atoms with van der Waals surface area (Å²) in [7, 11) is 4.00. The second-order valence-electron chi connectivity index (χ2n) is 8.22. The van der Waals surface area contributed by atoms with E-state index >= 15 is 0 Å². The summed E-state index contributed by atoms with van der Waals surface area (Å²) in [6.07, 6.45) is -0.0878. The molecule has 6 nitrogen and oxygen atoms in total. The van der Waals surface area contributed by atoms with Gasteiger partial charge in [-0.1, -0.05) is 36.4 Å². The quantitative estimate of drug-likeness (QED) is 0.468. The highest BCUT2D eigenvalue weighted by Gasteiger charge is 2.28. The molecule has 168 valence electrons. The maximum Gasteiger partial charge on any atom is 0.307 e. The van der Waals surface area contributed by atoms with Gasteiger partial charge >= 0.3 is 5.97 Å². The van der Waals surface area contributed by atoms with Gasteiger partial charge in [-0.05, 0) is 61.1 Å². The van der Waals surface area contributed by atoms with Crippen LogP contribution in [0.5, 0.6) is 0 Å². The van der Waals surface area contributed by atoms with Crippen molar-refractivity contribution in [3.63, 3.8) is 0 Å². The standard InChI is InChI=1S/C26H24FN3O3/c1-30(2)15-17-5-10-20(11-6-17)28-25(18-7-3-16(4-8-18)13-23(31)32)24-21-12-9-19(27)14-22(21)29-26(24)33/h3-12,14,28H,13,15H2,1-2H3,(H,29,33)(H,31,32). The molecular weight excluding hydrogens is 421 g/mol. The topological polar surface area (TPSA) is 81.7 Å². The van der Waals surface area contributed by atoms with Crippen LogP contribution in [-0.4, -0.2) is 36.0 Å². The highest BCUT2D eigenvalue weighted by molar-refractivity contribution is 6.37. The summed E-state index contributed by atoms with van der Waals surface area (Å²) in [5.41, 5.74) is 5.27. The fourth-order valence-electron chi connectivity index (χ4n) is 3.84. The van der Waals surface area contributed by atoms with Crippen molar-refractivity contribution in [1.29, 1.82) is 0 Å². The third kappa shape index (κ3) is 5.10. The zero-order chi connectivity index (χ0) is 23.5. The van der Waals surface area contributed by atoms with Crippen molar-refractivity contribution < 1.29 is 19.1 Å². The Labute approximate surface area is 191 Å². The number of fused-ring (bicyclic) bond motifs is 1. The van der Waals surface area contributed by atoms with Crippen LogP contribution >= 0.6 is 0 Å². The van der Waals surface area contributed by atoms with E-state index in [9.17, 15) is 14.0 Å². The minimum absolute atomic E-state index is 0.0878. The van der Waals surface area contributed by atoms with Gasteiger partial charge in [0.25, 0.3) is 5.91 Å². The Morgan fingerprint density at radius 3 is 2.30 bits per heavy atom. The lowest BCUT2D eigenvalue weighted by Gasteiger charge is -2.16. The van der Waals surface area contributed by atoms with E-state index in [0.29, 0.717) is 33.6 Å². The number of benzene rings is 3. The maximum absolute atomic E-state index is 13.7. The van der Waals surface area contributed by atoms with Crippen molar-refractivity contribution in [2.45, 2.75) is 13.0 Å². The minimum atomic E-state index is -0.914. The number of rotatable bonds is 7. The molecule has 1 aliphatic rings. The molecule has 4 rings (SSSR count). The molecule has 1 heterocycles. The van der Waals surface area contributed by atoms with Gasteiger partial charge in [0, 0.05) is 17.8 Å². The van der Waals surface area contributed by atoms with E-state index in [1.807, 2.05) is 38.4 Å². The van der Waals surface area contributed by atoms with Gasteiger partial charge in [-0.2, -0.15) is 0 Å². The molecule has 0 saturated heterocycles. The Balaban J connectivity index is 1.77. The number of hydrogen-bond donors (Lipinski definition) is 3. The van der Waals surface area contributed by atoms with Crippen LogP contribution in [0.1, 0.15) is 22.3 Å². The smallest absolute Gasteiger partial charge is 0.307 e. The molecule has 0 atom stereocenters. The number of carbonyl (C=O) groups excluding carboxylic acids is 1. The predicted octanol–water partition coefficient (Wildman–Crippen LogP) is 4.45. The van der Waals surface area contributed by atoms with Gasteiger partial charge in [0.2, 0.25) is 0 Å². The van der Waals surface area contributed by atoms with Crippen LogP contribution < -0.4 is 10.6 Å². The number of hydrogen-bond acceptors (Lipinski definition) is 4. The van der Waals surface area contributed by atoms with E-state index in [4.69, 9.17) is 5.11 Å². The zero-order valence-corrected chi connectivity index (χ0v) is 18.4. The largest absolute Gasteiger partial charge is 0.481 e. The van der Waals surface area contributed by atoms with Crippen molar-refractivity contribution in [1.82, 2.24) is 4.90 Å². The number of amides is 1. The summed E-state index contributed by atoms with van der Waals surface area (Å²) in [4.78, 5) is 26.0. The predicted molar refractivity (Wildman–Crippen MR) is 127 cm³/mol. The number of nitrogens with one attached hydrogen (secondary N) is 2. The fraction of sp³-hybridized carbons (Fsp3) is 0.154. The lowest BCUT2D eigenvalue weighted by Crippen LogP contribution is -2.11. The molecule has 1 amide bonds. The summed E-state index contributed by atoms with van der Waals surface area (Å²) in [6.45, 7) is 0.806. The maximum atomic E-state index is 13.7. The third-order valence-electron chi connectivity index (χ3n) is 5.30. The van der Waals surface area contributed by atoms with Crippen LogP contribution in [0, 0.1) is 5.82 Å². The average Bonchev–Trinajstić information content (AvgIpc) is 3.07. The first-order valence-corrected chi connectivity index (χ1v) is 10.5. The fourth-order valence-corrected chi connectivity index (χ4v) is 3.84. The summed E-state index contributed by atoms with van der Waals surface area (Å²) in [5.74, 6) is -1.68. The summed E-state index contributed by atoms with van der Waals surface area (Å²) >= 11 is 0. The van der Waals surface area contributed by atoms with Crippen molar-refractivity contribution in [3.05, 3.63) is 94.8 Å². The molecule has 1 aliphatic heterocycles. The summed E-state index contributed by atoms with van der Waals surface area (Å²) in [5, 5.41) is 15.1. The van der Waals surface area contributed by atoms with Crippen molar-refractivity contribution in [2.75, 3.05) is 24.7 Å². The Morgan fingerprint density at radius 2 is 1.67 bits per heavy atom.